The Bertz CT molecular complexity index is 720. The SMILES string of the molecule is C[C@H]1CNC(=O)[C@@H](CC(=O)N(CCO)Cc2ccccc2)CC=CCCCC(=O)O1. The second kappa shape index (κ2) is 12.8. The summed E-state index contributed by atoms with van der Waals surface area (Å²) in [6.45, 7) is 2.41. The fourth-order valence-electron chi connectivity index (χ4n) is 3.30. The van der Waals surface area contributed by atoms with Crippen molar-refractivity contribution in [3.63, 3.8) is 0 Å². The largest absolute Gasteiger partial charge is 0.461 e. The van der Waals surface area contributed by atoms with Crippen LogP contribution in [0, 0.1) is 5.92 Å². The Morgan fingerprint density at radius 3 is 2.73 bits per heavy atom. The Morgan fingerprint density at radius 1 is 1.23 bits per heavy atom. The van der Waals surface area contributed by atoms with Crippen LogP contribution >= 0.6 is 0 Å². The summed E-state index contributed by atoms with van der Waals surface area (Å²) in [4.78, 5) is 39.0. The van der Waals surface area contributed by atoms with Gasteiger partial charge in [-0.3, -0.25) is 14.4 Å². The predicted octanol–water partition coefficient (Wildman–Crippen LogP) is 2.19. The lowest BCUT2D eigenvalue weighted by molar-refractivity contribution is -0.148. The van der Waals surface area contributed by atoms with Crippen LogP contribution in [0.2, 0.25) is 0 Å². The Labute approximate surface area is 178 Å². The van der Waals surface area contributed by atoms with Gasteiger partial charge in [0.05, 0.1) is 19.1 Å². The average molecular weight is 417 g/mol. The molecular formula is C23H32N2O5. The molecular weight excluding hydrogens is 384 g/mol. The highest BCUT2D eigenvalue weighted by Crippen LogP contribution is 2.16. The summed E-state index contributed by atoms with van der Waals surface area (Å²) in [6, 6.07) is 9.56. The number of amides is 2. The zero-order chi connectivity index (χ0) is 21.8. The van der Waals surface area contributed by atoms with E-state index in [4.69, 9.17) is 4.74 Å². The molecule has 2 N–H and O–H groups in total. The lowest BCUT2D eigenvalue weighted by Crippen LogP contribution is -2.40. The van der Waals surface area contributed by atoms with Gasteiger partial charge < -0.3 is 20.1 Å². The molecule has 2 amide bonds. The minimum Gasteiger partial charge on any atom is -0.461 e. The minimum absolute atomic E-state index is 0.0528. The smallest absolute Gasteiger partial charge is 0.306 e. The van der Waals surface area contributed by atoms with E-state index in [1.165, 1.54) is 0 Å². The van der Waals surface area contributed by atoms with Gasteiger partial charge in [-0.1, -0.05) is 42.5 Å². The molecule has 0 saturated heterocycles. The topological polar surface area (TPSA) is 95.9 Å². The van der Waals surface area contributed by atoms with Crippen LogP contribution in [0.5, 0.6) is 0 Å². The molecule has 0 bridgehead atoms. The molecule has 0 aliphatic carbocycles. The predicted molar refractivity (Wildman–Crippen MR) is 113 cm³/mol. The summed E-state index contributed by atoms with van der Waals surface area (Å²) < 4.78 is 5.28. The molecule has 2 rings (SSSR count). The highest BCUT2D eigenvalue weighted by atomic mass is 16.5. The second-order valence-electron chi connectivity index (χ2n) is 7.57. The molecule has 1 aliphatic rings. The standard InChI is InChI=1S/C23H32N2O5/c1-18-16-24-23(29)20(11-7-2-3-8-12-22(28)30-18)15-21(27)25(13-14-26)17-19-9-5-4-6-10-19/h2,4-7,9-10,18,20,26H,3,8,11-17H2,1H3,(H,24,29)/t18-,20+/m0/s1. The van der Waals surface area contributed by atoms with Crippen LogP contribution in [0.25, 0.3) is 0 Å². The van der Waals surface area contributed by atoms with Crippen LogP contribution in [-0.4, -0.2) is 53.6 Å². The number of allylic oxidation sites excluding steroid dienone is 2. The van der Waals surface area contributed by atoms with E-state index in [1.54, 1.807) is 11.8 Å². The molecule has 30 heavy (non-hydrogen) atoms. The lowest BCUT2D eigenvalue weighted by Gasteiger charge is -2.24. The maximum Gasteiger partial charge on any atom is 0.306 e. The monoisotopic (exact) mass is 416 g/mol. The van der Waals surface area contributed by atoms with E-state index in [-0.39, 0.29) is 43.9 Å². The third-order valence-corrected chi connectivity index (χ3v) is 4.97. The van der Waals surface area contributed by atoms with Gasteiger partial charge in [-0.25, -0.2) is 0 Å². The van der Waals surface area contributed by atoms with Crippen LogP contribution in [0.3, 0.4) is 0 Å². The number of ether oxygens (including phenoxy) is 1. The molecule has 1 aromatic carbocycles. The summed E-state index contributed by atoms with van der Waals surface area (Å²) in [5.74, 6) is -1.20. The number of esters is 1. The van der Waals surface area contributed by atoms with Crippen molar-refractivity contribution in [2.24, 2.45) is 5.92 Å². The maximum absolute atomic E-state index is 12.9. The Morgan fingerprint density at radius 2 is 2.00 bits per heavy atom. The normalized spacial score (nSPS) is 20.9. The highest BCUT2D eigenvalue weighted by Gasteiger charge is 2.25. The fraction of sp³-hybridized carbons (Fsp3) is 0.522. The van der Waals surface area contributed by atoms with Gasteiger partial charge in [0.1, 0.15) is 6.10 Å². The van der Waals surface area contributed by atoms with Crippen molar-refractivity contribution in [1.82, 2.24) is 10.2 Å². The van der Waals surface area contributed by atoms with Gasteiger partial charge in [0, 0.05) is 25.9 Å². The summed E-state index contributed by atoms with van der Waals surface area (Å²) in [5, 5.41) is 12.2. The Hall–Kier alpha value is -2.67. The molecule has 0 saturated carbocycles. The van der Waals surface area contributed by atoms with Crippen molar-refractivity contribution >= 4 is 17.8 Å². The van der Waals surface area contributed by atoms with Crippen LogP contribution in [-0.2, 0) is 25.7 Å². The third-order valence-electron chi connectivity index (χ3n) is 4.97. The molecule has 0 aromatic heterocycles. The summed E-state index contributed by atoms with van der Waals surface area (Å²) in [6.07, 6.45) is 5.67. The van der Waals surface area contributed by atoms with Crippen molar-refractivity contribution in [1.29, 1.82) is 0 Å². The first-order valence-corrected chi connectivity index (χ1v) is 10.5. The number of aliphatic hydroxyl groups excluding tert-OH is 1. The fourth-order valence-corrected chi connectivity index (χ4v) is 3.30. The van der Waals surface area contributed by atoms with Gasteiger partial charge in [0.25, 0.3) is 0 Å². The van der Waals surface area contributed by atoms with Crippen molar-refractivity contribution in [3.8, 4) is 0 Å². The highest BCUT2D eigenvalue weighted by molar-refractivity contribution is 5.86. The molecule has 7 nitrogen and oxygen atoms in total. The zero-order valence-corrected chi connectivity index (χ0v) is 17.6. The number of benzene rings is 1. The number of hydrogen-bond acceptors (Lipinski definition) is 5. The van der Waals surface area contributed by atoms with E-state index in [9.17, 15) is 19.5 Å². The minimum atomic E-state index is -0.519. The number of carbonyl (C=O) groups is 3. The first-order valence-electron chi connectivity index (χ1n) is 10.5. The number of nitrogens with one attached hydrogen (secondary N) is 1. The van der Waals surface area contributed by atoms with Crippen molar-refractivity contribution in [2.75, 3.05) is 19.7 Å². The Balaban J connectivity index is 2.05. The van der Waals surface area contributed by atoms with Gasteiger partial charge in [0.15, 0.2) is 0 Å². The molecule has 7 heteroatoms. The molecule has 0 unspecified atom stereocenters. The van der Waals surface area contributed by atoms with E-state index in [2.05, 4.69) is 5.32 Å². The summed E-state index contributed by atoms with van der Waals surface area (Å²) >= 11 is 0. The van der Waals surface area contributed by atoms with Gasteiger partial charge in [-0.2, -0.15) is 0 Å². The Kier molecular flexibility index (Phi) is 10.1. The summed E-state index contributed by atoms with van der Waals surface area (Å²) in [5.41, 5.74) is 0.967. The van der Waals surface area contributed by atoms with E-state index in [0.717, 1.165) is 12.0 Å². The molecule has 164 valence electrons. The number of hydrogen-bond donors (Lipinski definition) is 2. The van der Waals surface area contributed by atoms with E-state index < -0.39 is 12.0 Å². The number of aliphatic hydroxyl groups is 1. The van der Waals surface area contributed by atoms with Gasteiger partial charge >= 0.3 is 5.97 Å². The molecule has 1 heterocycles. The number of carbonyl (C=O) groups excluding carboxylic acids is 3. The van der Waals surface area contributed by atoms with E-state index in [1.807, 2.05) is 42.5 Å². The van der Waals surface area contributed by atoms with Crippen LogP contribution < -0.4 is 5.32 Å². The molecule has 2 atom stereocenters. The van der Waals surface area contributed by atoms with E-state index in [0.29, 0.717) is 25.8 Å². The van der Waals surface area contributed by atoms with Crippen molar-refractivity contribution < 1.29 is 24.2 Å². The first-order chi connectivity index (χ1) is 14.5. The van der Waals surface area contributed by atoms with Crippen LogP contribution in [0.1, 0.15) is 44.6 Å². The van der Waals surface area contributed by atoms with Crippen molar-refractivity contribution in [3.05, 3.63) is 48.0 Å². The third kappa shape index (κ3) is 8.37. The van der Waals surface area contributed by atoms with Crippen LogP contribution in [0.15, 0.2) is 42.5 Å². The number of nitrogens with zero attached hydrogens (tertiary/aromatic N) is 1. The quantitative estimate of drug-likeness (QED) is 0.547. The van der Waals surface area contributed by atoms with Crippen molar-refractivity contribution in [2.45, 2.75) is 51.7 Å². The van der Waals surface area contributed by atoms with Gasteiger partial charge in [-0.15, -0.1) is 0 Å². The molecule has 1 aliphatic heterocycles. The maximum atomic E-state index is 12.9. The van der Waals surface area contributed by atoms with Gasteiger partial charge in [-0.05, 0) is 31.7 Å². The van der Waals surface area contributed by atoms with Crippen LogP contribution in [0.4, 0.5) is 0 Å². The molecule has 0 fully saturated rings. The second-order valence-corrected chi connectivity index (χ2v) is 7.57. The average Bonchev–Trinajstić information content (AvgIpc) is 2.74. The summed E-state index contributed by atoms with van der Waals surface area (Å²) in [7, 11) is 0. The molecule has 0 spiro atoms. The van der Waals surface area contributed by atoms with E-state index >= 15 is 0 Å². The first kappa shape index (κ1) is 23.6. The number of rotatable bonds is 6. The molecule has 0 radical (unpaired) electrons. The lowest BCUT2D eigenvalue weighted by atomic mass is 9.98. The van der Waals surface area contributed by atoms with Gasteiger partial charge in [0.2, 0.25) is 11.8 Å². The molecule has 1 aromatic rings. The number of cyclic esters (lactones) is 1. The zero-order valence-electron chi connectivity index (χ0n) is 17.6.